The van der Waals surface area contributed by atoms with E-state index >= 15 is 0 Å². The highest BCUT2D eigenvalue weighted by Gasteiger charge is 2.24. The predicted molar refractivity (Wildman–Crippen MR) is 72.2 cm³/mol. The summed E-state index contributed by atoms with van der Waals surface area (Å²) in [6, 6.07) is 8.40. The highest BCUT2D eigenvalue weighted by Crippen LogP contribution is 2.30. The predicted octanol–water partition coefficient (Wildman–Crippen LogP) is 3.21. The smallest absolute Gasteiger partial charge is 0.0462 e. The average molecular weight is 233 g/mol. The monoisotopic (exact) mass is 233 g/mol. The van der Waals surface area contributed by atoms with Crippen LogP contribution in [0.3, 0.4) is 0 Å². The summed E-state index contributed by atoms with van der Waals surface area (Å²) in [5, 5.41) is 12.9. The summed E-state index contributed by atoms with van der Waals surface area (Å²) in [6.07, 6.45) is 5.05. The lowest BCUT2D eigenvalue weighted by molar-refractivity contribution is 0.141. The molecule has 2 nitrogen and oxygen atoms in total. The zero-order valence-electron chi connectivity index (χ0n) is 10.7. The molecule has 2 atom stereocenters. The molecule has 2 rings (SSSR count). The van der Waals surface area contributed by atoms with Crippen LogP contribution in [-0.4, -0.2) is 18.3 Å². The molecule has 0 saturated heterocycles. The SMILES string of the molecule is Cc1ccccc1NCC1CCCCC1CO. The molecule has 0 radical (unpaired) electrons. The first-order chi connectivity index (χ1) is 8.31. The number of hydrogen-bond donors (Lipinski definition) is 2. The third-order valence-electron chi connectivity index (χ3n) is 4.00. The quantitative estimate of drug-likeness (QED) is 0.837. The van der Waals surface area contributed by atoms with Gasteiger partial charge >= 0.3 is 0 Å². The zero-order valence-corrected chi connectivity index (χ0v) is 10.7. The number of hydrogen-bond acceptors (Lipinski definition) is 2. The van der Waals surface area contributed by atoms with Gasteiger partial charge in [0.25, 0.3) is 0 Å². The van der Waals surface area contributed by atoms with Crippen LogP contribution in [0.5, 0.6) is 0 Å². The Morgan fingerprint density at radius 1 is 1.18 bits per heavy atom. The Labute approximate surface area is 104 Å². The van der Waals surface area contributed by atoms with Crippen molar-refractivity contribution >= 4 is 5.69 Å². The Morgan fingerprint density at radius 3 is 2.59 bits per heavy atom. The molecule has 1 aromatic rings. The molecular formula is C15H23NO. The molecular weight excluding hydrogens is 210 g/mol. The van der Waals surface area contributed by atoms with Crippen LogP contribution in [0.4, 0.5) is 5.69 Å². The minimum Gasteiger partial charge on any atom is -0.396 e. The lowest BCUT2D eigenvalue weighted by atomic mass is 9.79. The van der Waals surface area contributed by atoms with Gasteiger partial charge in [0.1, 0.15) is 0 Å². The topological polar surface area (TPSA) is 32.3 Å². The van der Waals surface area contributed by atoms with E-state index in [9.17, 15) is 5.11 Å². The lowest BCUT2D eigenvalue weighted by Gasteiger charge is -2.30. The third kappa shape index (κ3) is 3.22. The van der Waals surface area contributed by atoms with Crippen molar-refractivity contribution in [2.24, 2.45) is 11.8 Å². The summed E-state index contributed by atoms with van der Waals surface area (Å²) < 4.78 is 0. The van der Waals surface area contributed by atoms with Gasteiger partial charge in [0.05, 0.1) is 0 Å². The number of rotatable bonds is 4. The van der Waals surface area contributed by atoms with Gasteiger partial charge in [0.15, 0.2) is 0 Å². The number of benzene rings is 1. The van der Waals surface area contributed by atoms with Crippen LogP contribution in [0.1, 0.15) is 31.2 Å². The molecule has 17 heavy (non-hydrogen) atoms. The number of para-hydroxylation sites is 1. The normalized spacial score (nSPS) is 24.6. The second-order valence-electron chi connectivity index (χ2n) is 5.18. The van der Waals surface area contributed by atoms with Crippen molar-refractivity contribution in [2.75, 3.05) is 18.5 Å². The van der Waals surface area contributed by atoms with Gasteiger partial charge in [0.2, 0.25) is 0 Å². The van der Waals surface area contributed by atoms with E-state index in [1.165, 1.54) is 36.9 Å². The molecule has 2 N–H and O–H groups in total. The number of aliphatic hydroxyl groups excluding tert-OH is 1. The second kappa shape index (κ2) is 6.06. The summed E-state index contributed by atoms with van der Waals surface area (Å²) in [5.74, 6) is 1.13. The first-order valence-electron chi connectivity index (χ1n) is 6.71. The van der Waals surface area contributed by atoms with Gasteiger partial charge in [-0.15, -0.1) is 0 Å². The van der Waals surface area contributed by atoms with Crippen LogP contribution in [0.15, 0.2) is 24.3 Å². The molecule has 2 unspecified atom stereocenters. The third-order valence-corrected chi connectivity index (χ3v) is 4.00. The summed E-state index contributed by atoms with van der Waals surface area (Å²) in [7, 11) is 0. The van der Waals surface area contributed by atoms with E-state index < -0.39 is 0 Å². The van der Waals surface area contributed by atoms with Crippen LogP contribution in [0, 0.1) is 18.8 Å². The highest BCUT2D eigenvalue weighted by atomic mass is 16.3. The minimum absolute atomic E-state index is 0.347. The van der Waals surface area contributed by atoms with Gasteiger partial charge in [-0.1, -0.05) is 31.0 Å². The van der Waals surface area contributed by atoms with Crippen molar-refractivity contribution in [1.82, 2.24) is 0 Å². The Kier molecular flexibility index (Phi) is 4.43. The van der Waals surface area contributed by atoms with E-state index in [-0.39, 0.29) is 0 Å². The summed E-state index contributed by atoms with van der Waals surface area (Å²) in [5.41, 5.74) is 2.53. The fraction of sp³-hybridized carbons (Fsp3) is 0.600. The fourth-order valence-corrected chi connectivity index (χ4v) is 2.81. The van der Waals surface area contributed by atoms with Crippen LogP contribution >= 0.6 is 0 Å². The molecule has 1 aromatic carbocycles. The largest absolute Gasteiger partial charge is 0.396 e. The van der Waals surface area contributed by atoms with Crippen molar-refractivity contribution in [1.29, 1.82) is 0 Å². The van der Waals surface area contributed by atoms with E-state index in [2.05, 4.69) is 36.5 Å². The van der Waals surface area contributed by atoms with Crippen LogP contribution in [0.2, 0.25) is 0 Å². The summed E-state index contributed by atoms with van der Waals surface area (Å²) in [6.45, 7) is 3.48. The Balaban J connectivity index is 1.90. The van der Waals surface area contributed by atoms with Gasteiger partial charge in [-0.2, -0.15) is 0 Å². The summed E-state index contributed by atoms with van der Waals surface area (Å²) >= 11 is 0. The Hall–Kier alpha value is -1.02. The van der Waals surface area contributed by atoms with Gasteiger partial charge in [-0.05, 0) is 43.2 Å². The molecule has 1 aliphatic carbocycles. The molecule has 0 aliphatic heterocycles. The second-order valence-corrected chi connectivity index (χ2v) is 5.18. The molecule has 1 aliphatic rings. The number of anilines is 1. The van der Waals surface area contributed by atoms with E-state index in [0.717, 1.165) is 6.54 Å². The molecule has 0 bridgehead atoms. The number of aliphatic hydroxyl groups is 1. The van der Waals surface area contributed by atoms with E-state index in [4.69, 9.17) is 0 Å². The molecule has 0 heterocycles. The Morgan fingerprint density at radius 2 is 1.88 bits per heavy atom. The minimum atomic E-state index is 0.347. The zero-order chi connectivity index (χ0) is 12.1. The standard InChI is InChI=1S/C15H23NO/c1-12-6-2-5-9-15(12)16-10-13-7-3-4-8-14(13)11-17/h2,5-6,9,13-14,16-17H,3-4,7-8,10-11H2,1H3. The number of nitrogens with one attached hydrogen (secondary N) is 1. The molecule has 1 fully saturated rings. The van der Waals surface area contributed by atoms with Crippen LogP contribution in [0.25, 0.3) is 0 Å². The molecule has 94 valence electrons. The molecule has 0 spiro atoms. The fourth-order valence-electron chi connectivity index (χ4n) is 2.81. The van der Waals surface area contributed by atoms with Crippen LogP contribution < -0.4 is 5.32 Å². The summed E-state index contributed by atoms with van der Waals surface area (Å²) in [4.78, 5) is 0. The maximum absolute atomic E-state index is 9.39. The first kappa shape index (κ1) is 12.4. The van der Waals surface area contributed by atoms with Crippen molar-refractivity contribution < 1.29 is 5.11 Å². The average Bonchev–Trinajstić information content (AvgIpc) is 2.38. The van der Waals surface area contributed by atoms with E-state index in [1.54, 1.807) is 0 Å². The van der Waals surface area contributed by atoms with Crippen LogP contribution in [-0.2, 0) is 0 Å². The maximum Gasteiger partial charge on any atom is 0.0462 e. The van der Waals surface area contributed by atoms with Gasteiger partial charge in [-0.3, -0.25) is 0 Å². The highest BCUT2D eigenvalue weighted by molar-refractivity contribution is 5.50. The Bertz CT molecular complexity index is 351. The number of aryl methyl sites for hydroxylation is 1. The molecule has 1 saturated carbocycles. The molecule has 0 amide bonds. The van der Waals surface area contributed by atoms with Gasteiger partial charge < -0.3 is 10.4 Å². The first-order valence-corrected chi connectivity index (χ1v) is 6.71. The van der Waals surface area contributed by atoms with Gasteiger partial charge in [-0.25, -0.2) is 0 Å². The lowest BCUT2D eigenvalue weighted by Crippen LogP contribution is -2.28. The van der Waals surface area contributed by atoms with Crippen molar-refractivity contribution in [3.05, 3.63) is 29.8 Å². The van der Waals surface area contributed by atoms with E-state index in [1.807, 2.05) is 0 Å². The maximum atomic E-state index is 9.39. The molecule has 2 heteroatoms. The van der Waals surface area contributed by atoms with Gasteiger partial charge in [0, 0.05) is 18.8 Å². The van der Waals surface area contributed by atoms with Crippen molar-refractivity contribution in [2.45, 2.75) is 32.6 Å². The van der Waals surface area contributed by atoms with Crippen molar-refractivity contribution in [3.8, 4) is 0 Å². The van der Waals surface area contributed by atoms with E-state index in [0.29, 0.717) is 18.4 Å². The molecule has 0 aromatic heterocycles. The van der Waals surface area contributed by atoms with Crippen molar-refractivity contribution in [3.63, 3.8) is 0 Å².